The molecule has 0 bridgehead atoms. The number of carboxylic acid groups (broad SMARTS) is 1. The summed E-state index contributed by atoms with van der Waals surface area (Å²) >= 11 is 0. The van der Waals surface area contributed by atoms with Crippen molar-refractivity contribution >= 4 is 17.8 Å². The molecule has 1 amide bonds. The number of carbonyl (C=O) groups is 2. The first kappa shape index (κ1) is 14.4. The third-order valence-corrected chi connectivity index (χ3v) is 2.47. The molecule has 0 saturated carbocycles. The summed E-state index contributed by atoms with van der Waals surface area (Å²) in [5.74, 6) is -1.45. The van der Waals surface area contributed by atoms with Gasteiger partial charge in [0, 0.05) is 11.8 Å². The molecule has 2 aromatic heterocycles. The van der Waals surface area contributed by atoms with Crippen LogP contribution in [0.2, 0.25) is 0 Å². The van der Waals surface area contributed by atoms with E-state index in [0.717, 1.165) is 0 Å². The monoisotopic (exact) mass is 288 g/mol. The van der Waals surface area contributed by atoms with Gasteiger partial charge in [0.15, 0.2) is 0 Å². The van der Waals surface area contributed by atoms with Crippen LogP contribution in [-0.2, 0) is 0 Å². The van der Waals surface area contributed by atoms with Gasteiger partial charge in [0.25, 0.3) is 5.91 Å². The zero-order valence-electron chi connectivity index (χ0n) is 11.3. The topological polar surface area (TPSA) is 114 Å². The van der Waals surface area contributed by atoms with E-state index in [4.69, 9.17) is 9.84 Å². The number of nitrogens with zero attached hydrogens (tertiary/aromatic N) is 3. The van der Waals surface area contributed by atoms with Crippen molar-refractivity contribution in [3.63, 3.8) is 0 Å². The zero-order valence-corrected chi connectivity index (χ0v) is 11.3. The standard InChI is InChI=1S/C13H12N4O4/c1-7-6-10(21-2)16-13(14-7)17-11(18)8-4-3-5-9(15-8)12(19)20/h3-6H,1-2H3,(H,19,20)(H,14,16,17,18). The van der Waals surface area contributed by atoms with E-state index in [1.165, 1.54) is 25.3 Å². The molecule has 2 rings (SSSR count). The molecule has 0 radical (unpaired) electrons. The van der Waals surface area contributed by atoms with E-state index >= 15 is 0 Å². The first-order valence-corrected chi connectivity index (χ1v) is 5.91. The second kappa shape index (κ2) is 5.95. The van der Waals surface area contributed by atoms with Crippen LogP contribution in [0.15, 0.2) is 24.3 Å². The molecule has 108 valence electrons. The predicted molar refractivity (Wildman–Crippen MR) is 72.5 cm³/mol. The number of aromatic nitrogens is 3. The molecule has 0 unspecified atom stereocenters. The molecule has 0 saturated heterocycles. The molecule has 0 aliphatic rings. The molecule has 0 aliphatic heterocycles. The predicted octanol–water partition coefficient (Wildman–Crippen LogP) is 1.14. The Balaban J connectivity index is 2.23. The van der Waals surface area contributed by atoms with E-state index in [1.54, 1.807) is 13.0 Å². The first-order chi connectivity index (χ1) is 9.99. The molecule has 0 fully saturated rings. The van der Waals surface area contributed by atoms with Gasteiger partial charge < -0.3 is 9.84 Å². The molecule has 2 aromatic rings. The Labute approximate surface area is 119 Å². The molecule has 0 spiro atoms. The number of carbonyl (C=O) groups excluding carboxylic acids is 1. The van der Waals surface area contributed by atoms with Crippen molar-refractivity contribution in [2.24, 2.45) is 0 Å². The van der Waals surface area contributed by atoms with Crippen LogP contribution in [0.4, 0.5) is 5.95 Å². The van der Waals surface area contributed by atoms with E-state index in [-0.39, 0.29) is 17.3 Å². The van der Waals surface area contributed by atoms with Gasteiger partial charge in [-0.15, -0.1) is 0 Å². The normalized spacial score (nSPS) is 10.0. The number of aromatic carboxylic acids is 1. The molecule has 0 aromatic carbocycles. The fourth-order valence-electron chi connectivity index (χ4n) is 1.55. The molecular weight excluding hydrogens is 276 g/mol. The van der Waals surface area contributed by atoms with Crippen LogP contribution >= 0.6 is 0 Å². The second-order valence-corrected chi connectivity index (χ2v) is 4.04. The van der Waals surface area contributed by atoms with Crippen LogP contribution in [0.5, 0.6) is 5.88 Å². The number of aryl methyl sites for hydroxylation is 1. The molecular formula is C13H12N4O4. The first-order valence-electron chi connectivity index (χ1n) is 5.91. The lowest BCUT2D eigenvalue weighted by Crippen LogP contribution is -2.17. The minimum atomic E-state index is -1.21. The lowest BCUT2D eigenvalue weighted by molar-refractivity contribution is 0.0690. The van der Waals surface area contributed by atoms with E-state index in [0.29, 0.717) is 11.6 Å². The average Bonchev–Trinajstić information content (AvgIpc) is 2.46. The number of hydrogen-bond acceptors (Lipinski definition) is 6. The molecule has 21 heavy (non-hydrogen) atoms. The number of rotatable bonds is 4. The van der Waals surface area contributed by atoms with Crippen LogP contribution in [0.25, 0.3) is 0 Å². The van der Waals surface area contributed by atoms with Crippen LogP contribution in [0.1, 0.15) is 26.7 Å². The highest BCUT2D eigenvalue weighted by molar-refractivity contribution is 6.02. The Morgan fingerprint density at radius 3 is 2.57 bits per heavy atom. The van der Waals surface area contributed by atoms with Crippen molar-refractivity contribution in [2.45, 2.75) is 6.92 Å². The van der Waals surface area contributed by atoms with Gasteiger partial charge in [-0.3, -0.25) is 10.1 Å². The van der Waals surface area contributed by atoms with Crippen LogP contribution in [0, 0.1) is 6.92 Å². The fourth-order valence-corrected chi connectivity index (χ4v) is 1.55. The van der Waals surface area contributed by atoms with Gasteiger partial charge in [0.1, 0.15) is 11.4 Å². The van der Waals surface area contributed by atoms with E-state index in [2.05, 4.69) is 20.3 Å². The highest BCUT2D eigenvalue weighted by atomic mass is 16.5. The summed E-state index contributed by atoms with van der Waals surface area (Å²) in [6.07, 6.45) is 0. The fraction of sp³-hybridized carbons (Fsp3) is 0.154. The zero-order chi connectivity index (χ0) is 15.4. The summed E-state index contributed by atoms with van der Waals surface area (Å²) < 4.78 is 4.98. The minimum Gasteiger partial charge on any atom is -0.481 e. The van der Waals surface area contributed by atoms with Gasteiger partial charge in [0.05, 0.1) is 7.11 Å². The summed E-state index contributed by atoms with van der Waals surface area (Å²) in [6, 6.07) is 5.74. The maximum atomic E-state index is 12.0. The quantitative estimate of drug-likeness (QED) is 0.866. The number of ether oxygens (including phenoxy) is 1. The average molecular weight is 288 g/mol. The number of nitrogens with one attached hydrogen (secondary N) is 1. The van der Waals surface area contributed by atoms with E-state index in [9.17, 15) is 9.59 Å². The number of pyridine rings is 1. The number of hydrogen-bond donors (Lipinski definition) is 2. The summed E-state index contributed by atoms with van der Waals surface area (Å²) in [5.41, 5.74) is 0.355. The maximum absolute atomic E-state index is 12.0. The largest absolute Gasteiger partial charge is 0.481 e. The Hall–Kier alpha value is -3.03. The number of amides is 1. The smallest absolute Gasteiger partial charge is 0.354 e. The van der Waals surface area contributed by atoms with Crippen molar-refractivity contribution in [1.82, 2.24) is 15.0 Å². The summed E-state index contributed by atoms with van der Waals surface area (Å²) in [6.45, 7) is 1.73. The van der Waals surface area contributed by atoms with Crippen molar-refractivity contribution < 1.29 is 19.4 Å². The Kier molecular flexibility index (Phi) is 4.07. The van der Waals surface area contributed by atoms with Crippen molar-refractivity contribution in [1.29, 1.82) is 0 Å². The minimum absolute atomic E-state index is 0.0426. The van der Waals surface area contributed by atoms with Crippen LogP contribution < -0.4 is 10.1 Å². The summed E-state index contributed by atoms with van der Waals surface area (Å²) in [4.78, 5) is 34.6. The highest BCUT2D eigenvalue weighted by Crippen LogP contribution is 2.12. The Morgan fingerprint density at radius 2 is 1.90 bits per heavy atom. The lowest BCUT2D eigenvalue weighted by Gasteiger charge is -2.06. The van der Waals surface area contributed by atoms with E-state index < -0.39 is 11.9 Å². The highest BCUT2D eigenvalue weighted by Gasteiger charge is 2.13. The Morgan fingerprint density at radius 1 is 1.19 bits per heavy atom. The summed E-state index contributed by atoms with van der Waals surface area (Å²) in [5, 5.41) is 11.3. The molecule has 8 heteroatoms. The molecule has 2 N–H and O–H groups in total. The van der Waals surface area contributed by atoms with Gasteiger partial charge >= 0.3 is 5.97 Å². The second-order valence-electron chi connectivity index (χ2n) is 4.04. The molecule has 2 heterocycles. The van der Waals surface area contributed by atoms with Gasteiger partial charge in [-0.05, 0) is 19.1 Å². The third-order valence-electron chi connectivity index (χ3n) is 2.47. The Bertz CT molecular complexity index is 702. The maximum Gasteiger partial charge on any atom is 0.354 e. The van der Waals surface area contributed by atoms with Crippen LogP contribution in [0.3, 0.4) is 0 Å². The van der Waals surface area contributed by atoms with Gasteiger partial charge in [0.2, 0.25) is 11.8 Å². The van der Waals surface area contributed by atoms with Gasteiger partial charge in [-0.2, -0.15) is 4.98 Å². The van der Waals surface area contributed by atoms with Crippen molar-refractivity contribution in [2.75, 3.05) is 12.4 Å². The van der Waals surface area contributed by atoms with E-state index in [1.807, 2.05) is 0 Å². The van der Waals surface area contributed by atoms with Gasteiger partial charge in [-0.1, -0.05) is 6.07 Å². The van der Waals surface area contributed by atoms with Gasteiger partial charge in [-0.25, -0.2) is 14.8 Å². The van der Waals surface area contributed by atoms with Crippen molar-refractivity contribution in [3.05, 3.63) is 41.3 Å². The summed E-state index contributed by atoms with van der Waals surface area (Å²) in [7, 11) is 1.45. The number of carboxylic acids is 1. The van der Waals surface area contributed by atoms with Crippen molar-refractivity contribution in [3.8, 4) is 5.88 Å². The lowest BCUT2D eigenvalue weighted by atomic mass is 10.3. The molecule has 0 atom stereocenters. The number of methoxy groups -OCH3 is 1. The molecule has 8 nitrogen and oxygen atoms in total. The number of anilines is 1. The molecule has 0 aliphatic carbocycles. The SMILES string of the molecule is COc1cc(C)nc(NC(=O)c2cccc(C(=O)O)n2)n1. The third kappa shape index (κ3) is 3.50. The van der Waals surface area contributed by atoms with Crippen LogP contribution in [-0.4, -0.2) is 39.0 Å².